The van der Waals surface area contributed by atoms with Crippen LogP contribution >= 0.6 is 0 Å². The molecule has 0 amide bonds. The fourth-order valence-electron chi connectivity index (χ4n) is 3.17. The molecule has 0 fully saturated rings. The topological polar surface area (TPSA) is 123 Å². The van der Waals surface area contributed by atoms with Gasteiger partial charge in [-0.1, -0.05) is 0 Å². The maximum absolute atomic E-state index is 13.1. The molecule has 2 aromatic rings. The molecule has 2 aromatic carbocycles. The van der Waals surface area contributed by atoms with Gasteiger partial charge in [0.25, 0.3) is 0 Å². The first-order valence-electron chi connectivity index (χ1n) is 7.49. The molecule has 3 N–H and O–H groups in total. The Bertz CT molecular complexity index is 974. The molecule has 1 aliphatic rings. The fraction of sp³-hybridized carbons (Fsp3) is 0.222. The Morgan fingerprint density at radius 3 is 1.73 bits per heavy atom. The predicted molar refractivity (Wildman–Crippen MR) is 89.1 cm³/mol. The highest BCUT2D eigenvalue weighted by atomic mass is 16.5. The van der Waals surface area contributed by atoms with Gasteiger partial charge in [-0.3, -0.25) is 9.59 Å². The molecule has 0 heterocycles. The molecule has 3 rings (SSSR count). The van der Waals surface area contributed by atoms with Gasteiger partial charge in [-0.25, -0.2) is 0 Å². The van der Waals surface area contributed by atoms with E-state index in [1.54, 1.807) is 0 Å². The van der Waals surface area contributed by atoms with Crippen LogP contribution < -0.4 is 14.2 Å². The number of fused-ring (bicyclic) bond motifs is 2. The van der Waals surface area contributed by atoms with E-state index in [0.29, 0.717) is 0 Å². The number of carbonyl (C=O) groups is 2. The van der Waals surface area contributed by atoms with Crippen molar-refractivity contribution in [2.24, 2.45) is 0 Å². The second kappa shape index (κ2) is 5.83. The van der Waals surface area contributed by atoms with E-state index in [4.69, 9.17) is 14.2 Å². The second-order valence-electron chi connectivity index (χ2n) is 5.67. The Kier molecular flexibility index (Phi) is 3.91. The summed E-state index contributed by atoms with van der Waals surface area (Å²) < 4.78 is 15.5. The zero-order valence-corrected chi connectivity index (χ0v) is 14.5. The molecule has 0 spiro atoms. The fourth-order valence-corrected chi connectivity index (χ4v) is 3.17. The minimum absolute atomic E-state index is 0.0767. The van der Waals surface area contributed by atoms with Crippen LogP contribution in [0.1, 0.15) is 37.4 Å². The van der Waals surface area contributed by atoms with Crippen molar-refractivity contribution in [1.82, 2.24) is 0 Å². The van der Waals surface area contributed by atoms with E-state index in [-0.39, 0.29) is 33.9 Å². The van der Waals surface area contributed by atoms with Crippen molar-refractivity contribution in [1.29, 1.82) is 0 Å². The molecule has 0 unspecified atom stereocenters. The third kappa shape index (κ3) is 2.01. The van der Waals surface area contributed by atoms with Crippen molar-refractivity contribution in [2.45, 2.75) is 6.92 Å². The number of ether oxygens (including phenoxy) is 3. The zero-order chi connectivity index (χ0) is 19.3. The molecule has 8 heteroatoms. The Balaban J connectivity index is 2.51. The van der Waals surface area contributed by atoms with Gasteiger partial charge in [0.15, 0.2) is 11.5 Å². The number of aromatic hydroxyl groups is 3. The summed E-state index contributed by atoms with van der Waals surface area (Å²) in [5.74, 6) is -3.56. The molecular formula is C18H16O8. The van der Waals surface area contributed by atoms with E-state index >= 15 is 0 Å². The lowest BCUT2D eigenvalue weighted by molar-refractivity contribution is 0.0967. The molecule has 0 atom stereocenters. The predicted octanol–water partition coefficient (Wildman–Crippen LogP) is 1.91. The number of methoxy groups -OCH3 is 3. The van der Waals surface area contributed by atoms with Crippen LogP contribution in [0, 0.1) is 6.92 Å². The first kappa shape index (κ1) is 17.4. The van der Waals surface area contributed by atoms with Crippen molar-refractivity contribution in [3.05, 3.63) is 33.9 Å². The van der Waals surface area contributed by atoms with E-state index in [1.165, 1.54) is 34.3 Å². The molecule has 26 heavy (non-hydrogen) atoms. The number of ketones is 2. The molecule has 0 saturated carbocycles. The van der Waals surface area contributed by atoms with Crippen molar-refractivity contribution in [3.8, 4) is 34.5 Å². The van der Waals surface area contributed by atoms with E-state index < -0.39 is 39.9 Å². The first-order chi connectivity index (χ1) is 12.3. The van der Waals surface area contributed by atoms with Crippen LogP contribution in [-0.4, -0.2) is 48.2 Å². The van der Waals surface area contributed by atoms with Crippen LogP contribution in [0.15, 0.2) is 6.07 Å². The van der Waals surface area contributed by atoms with Gasteiger partial charge in [0, 0.05) is 0 Å². The molecule has 1 aliphatic carbocycles. The molecule has 0 saturated heterocycles. The van der Waals surface area contributed by atoms with Gasteiger partial charge in [0.05, 0.1) is 43.6 Å². The van der Waals surface area contributed by atoms with Crippen LogP contribution in [0.25, 0.3) is 0 Å². The van der Waals surface area contributed by atoms with Gasteiger partial charge in [0.2, 0.25) is 23.1 Å². The summed E-state index contributed by atoms with van der Waals surface area (Å²) in [5.41, 5.74) is -1.20. The Morgan fingerprint density at radius 1 is 0.692 bits per heavy atom. The number of phenolic OH excluding ortho intramolecular Hbond substituents is 3. The number of phenols is 3. The highest BCUT2D eigenvalue weighted by Crippen LogP contribution is 2.53. The maximum atomic E-state index is 13.1. The molecule has 136 valence electrons. The molecule has 0 aliphatic heterocycles. The van der Waals surface area contributed by atoms with Gasteiger partial charge in [-0.15, -0.1) is 0 Å². The van der Waals surface area contributed by atoms with Gasteiger partial charge in [-0.2, -0.15) is 0 Å². The van der Waals surface area contributed by atoms with Gasteiger partial charge < -0.3 is 29.5 Å². The van der Waals surface area contributed by atoms with Gasteiger partial charge in [-0.05, 0) is 18.6 Å². The standard InChI is InChI=1S/C18H16O8/c1-6-5-7(19)8-9(12(6)20)14(22)11-10(13(8)21)15(23)17(25-3)18(26-4)16(11)24-2/h5,19-20,23H,1-4H3. The van der Waals surface area contributed by atoms with Crippen LogP contribution in [0.4, 0.5) is 0 Å². The monoisotopic (exact) mass is 360 g/mol. The van der Waals surface area contributed by atoms with E-state index in [1.807, 2.05) is 0 Å². The smallest absolute Gasteiger partial charge is 0.208 e. The summed E-state index contributed by atoms with van der Waals surface area (Å²) in [6, 6.07) is 1.17. The third-order valence-corrected chi connectivity index (χ3v) is 4.33. The highest BCUT2D eigenvalue weighted by molar-refractivity contribution is 6.32. The molecule has 8 nitrogen and oxygen atoms in total. The average Bonchev–Trinajstić information content (AvgIpc) is 2.61. The van der Waals surface area contributed by atoms with E-state index in [9.17, 15) is 24.9 Å². The molecule has 0 bridgehead atoms. The Hall–Kier alpha value is -3.42. The summed E-state index contributed by atoms with van der Waals surface area (Å²) in [6.07, 6.45) is 0. The van der Waals surface area contributed by atoms with Crippen LogP contribution in [-0.2, 0) is 0 Å². The first-order valence-corrected chi connectivity index (χ1v) is 7.49. The van der Waals surface area contributed by atoms with Crippen molar-refractivity contribution in [3.63, 3.8) is 0 Å². The van der Waals surface area contributed by atoms with Gasteiger partial charge >= 0.3 is 0 Å². The quantitative estimate of drug-likeness (QED) is 0.606. The lowest BCUT2D eigenvalue weighted by Crippen LogP contribution is -2.23. The summed E-state index contributed by atoms with van der Waals surface area (Å²) >= 11 is 0. The second-order valence-corrected chi connectivity index (χ2v) is 5.67. The molecule has 0 radical (unpaired) electrons. The summed E-state index contributed by atoms with van der Waals surface area (Å²) in [4.78, 5) is 26.0. The van der Waals surface area contributed by atoms with E-state index in [2.05, 4.69) is 0 Å². The number of rotatable bonds is 3. The number of hydrogen-bond donors (Lipinski definition) is 3. The Labute approximate surface area is 148 Å². The number of carbonyl (C=O) groups excluding carboxylic acids is 2. The maximum Gasteiger partial charge on any atom is 0.208 e. The molecule has 0 aromatic heterocycles. The lowest BCUT2D eigenvalue weighted by Gasteiger charge is -2.25. The third-order valence-electron chi connectivity index (χ3n) is 4.33. The summed E-state index contributed by atoms with van der Waals surface area (Å²) in [5, 5.41) is 31.0. The van der Waals surface area contributed by atoms with Crippen LogP contribution in [0.3, 0.4) is 0 Å². The normalized spacial score (nSPS) is 12.5. The minimum Gasteiger partial charge on any atom is -0.507 e. The van der Waals surface area contributed by atoms with Gasteiger partial charge in [0.1, 0.15) is 11.5 Å². The lowest BCUT2D eigenvalue weighted by atomic mass is 9.80. The zero-order valence-electron chi connectivity index (χ0n) is 14.5. The molecular weight excluding hydrogens is 344 g/mol. The number of aryl methyl sites for hydroxylation is 1. The Morgan fingerprint density at radius 2 is 1.19 bits per heavy atom. The van der Waals surface area contributed by atoms with Crippen molar-refractivity contribution >= 4 is 11.6 Å². The summed E-state index contributed by atoms with van der Waals surface area (Å²) in [7, 11) is 3.79. The van der Waals surface area contributed by atoms with E-state index in [0.717, 1.165) is 0 Å². The van der Waals surface area contributed by atoms with Crippen molar-refractivity contribution in [2.75, 3.05) is 21.3 Å². The van der Waals surface area contributed by atoms with Crippen LogP contribution in [0.5, 0.6) is 34.5 Å². The average molecular weight is 360 g/mol. The van der Waals surface area contributed by atoms with Crippen LogP contribution in [0.2, 0.25) is 0 Å². The highest BCUT2D eigenvalue weighted by Gasteiger charge is 2.42. The number of hydrogen-bond acceptors (Lipinski definition) is 8. The largest absolute Gasteiger partial charge is 0.507 e. The van der Waals surface area contributed by atoms with Crippen molar-refractivity contribution < 1.29 is 39.1 Å². The summed E-state index contributed by atoms with van der Waals surface area (Å²) in [6.45, 7) is 1.48. The number of benzene rings is 2. The SMILES string of the molecule is COc1c(O)c2c(c(OC)c1OC)C(=O)c1c(O)c(C)cc(O)c1C2=O. The minimum atomic E-state index is -0.848.